The number of piperidine rings is 1. The lowest BCUT2D eigenvalue weighted by Gasteiger charge is -2.33. The second-order valence-corrected chi connectivity index (χ2v) is 6.54. The maximum Gasteiger partial charge on any atom is 0.271 e. The highest BCUT2D eigenvalue weighted by Gasteiger charge is 2.26. The van der Waals surface area contributed by atoms with Gasteiger partial charge >= 0.3 is 0 Å². The predicted octanol–water partition coefficient (Wildman–Crippen LogP) is 3.06. The molecule has 6 heteroatoms. The van der Waals surface area contributed by atoms with Crippen molar-refractivity contribution in [2.45, 2.75) is 25.8 Å². The predicted molar refractivity (Wildman–Crippen MR) is 95.2 cm³/mol. The summed E-state index contributed by atoms with van der Waals surface area (Å²) in [6.07, 6.45) is 7.63. The number of hydrogen-bond acceptors (Lipinski definition) is 3. The fraction of sp³-hybridized carbons (Fsp3) is 0.316. The molecule has 128 valence electrons. The lowest BCUT2D eigenvalue weighted by molar-refractivity contribution is 0.0673. The van der Waals surface area contributed by atoms with Crippen LogP contribution in [0, 0.1) is 6.92 Å². The van der Waals surface area contributed by atoms with Crippen LogP contribution < -0.4 is 0 Å². The van der Waals surface area contributed by atoms with Crippen molar-refractivity contribution in [2.24, 2.45) is 0 Å². The molecule has 0 spiro atoms. The van der Waals surface area contributed by atoms with Gasteiger partial charge in [0.05, 0.1) is 18.1 Å². The summed E-state index contributed by atoms with van der Waals surface area (Å²) in [5, 5.41) is 7.26. The molecule has 1 N–H and O–H groups in total. The molecule has 1 saturated heterocycles. The van der Waals surface area contributed by atoms with Crippen molar-refractivity contribution in [1.29, 1.82) is 0 Å². The molecule has 3 aromatic rings. The topological polar surface area (TPSA) is 66.8 Å². The van der Waals surface area contributed by atoms with Gasteiger partial charge in [-0.1, -0.05) is 24.3 Å². The van der Waals surface area contributed by atoms with Crippen molar-refractivity contribution in [3.63, 3.8) is 0 Å². The maximum atomic E-state index is 12.9. The lowest BCUT2D eigenvalue weighted by atomic mass is 10.0. The monoisotopic (exact) mass is 335 g/mol. The van der Waals surface area contributed by atoms with Crippen molar-refractivity contribution in [1.82, 2.24) is 24.6 Å². The summed E-state index contributed by atoms with van der Waals surface area (Å²) in [5.74, 6) is 0.0112. The van der Waals surface area contributed by atoms with Crippen molar-refractivity contribution in [3.05, 3.63) is 60.3 Å². The summed E-state index contributed by atoms with van der Waals surface area (Å²) in [7, 11) is 0. The van der Waals surface area contributed by atoms with E-state index in [2.05, 4.69) is 19.7 Å². The third kappa shape index (κ3) is 3.07. The molecule has 0 aliphatic carbocycles. The average Bonchev–Trinajstić information content (AvgIpc) is 3.34. The number of aromatic nitrogens is 4. The number of aromatic amines is 1. The summed E-state index contributed by atoms with van der Waals surface area (Å²) in [4.78, 5) is 18.9. The van der Waals surface area contributed by atoms with Gasteiger partial charge in [0, 0.05) is 31.0 Å². The molecule has 1 atom stereocenters. The zero-order chi connectivity index (χ0) is 17.2. The Morgan fingerprint density at radius 3 is 3.00 bits per heavy atom. The molecule has 1 amide bonds. The van der Waals surface area contributed by atoms with Crippen LogP contribution in [0.1, 0.15) is 34.9 Å². The fourth-order valence-corrected chi connectivity index (χ4v) is 3.47. The molecular weight excluding hydrogens is 314 g/mol. The van der Waals surface area contributed by atoms with Gasteiger partial charge in [0.2, 0.25) is 0 Å². The Kier molecular flexibility index (Phi) is 4.09. The first-order valence-corrected chi connectivity index (χ1v) is 8.60. The third-order valence-corrected chi connectivity index (χ3v) is 4.86. The van der Waals surface area contributed by atoms with Crippen LogP contribution in [0.25, 0.3) is 11.3 Å². The number of H-pyrrole nitrogens is 1. The molecule has 0 radical (unpaired) electrons. The van der Waals surface area contributed by atoms with E-state index in [0.29, 0.717) is 18.3 Å². The molecule has 1 fully saturated rings. The molecule has 1 aliphatic rings. The minimum absolute atomic E-state index is 0.0112. The van der Waals surface area contributed by atoms with E-state index in [1.165, 1.54) is 0 Å². The van der Waals surface area contributed by atoms with Crippen LogP contribution in [0.2, 0.25) is 0 Å². The van der Waals surface area contributed by atoms with Crippen molar-refractivity contribution < 1.29 is 4.79 Å². The van der Waals surface area contributed by atoms with E-state index >= 15 is 0 Å². The van der Waals surface area contributed by atoms with Gasteiger partial charge in [-0.25, -0.2) is 4.98 Å². The molecular formula is C19H21N5O. The Morgan fingerprint density at radius 1 is 1.32 bits per heavy atom. The van der Waals surface area contributed by atoms with E-state index in [0.717, 1.165) is 36.2 Å². The van der Waals surface area contributed by atoms with Gasteiger partial charge in [-0.3, -0.25) is 9.89 Å². The van der Waals surface area contributed by atoms with E-state index in [4.69, 9.17) is 0 Å². The van der Waals surface area contributed by atoms with Gasteiger partial charge in [0.25, 0.3) is 5.91 Å². The maximum absolute atomic E-state index is 12.9. The largest absolute Gasteiger partial charge is 0.335 e. The van der Waals surface area contributed by atoms with Gasteiger partial charge in [-0.15, -0.1) is 0 Å². The second kappa shape index (κ2) is 6.55. The summed E-state index contributed by atoms with van der Waals surface area (Å²) in [6.45, 7) is 3.53. The standard InChI is InChI=1S/C19H21N5O/c1-14-5-2-3-7-16(14)17-11-18(22-21-17)19(25)23-9-4-6-15(12-23)24-10-8-20-13-24/h2-3,5,7-8,10-11,13,15H,4,6,9,12H2,1H3,(H,21,22)/t15-/m0/s1. The number of benzene rings is 1. The van der Waals surface area contributed by atoms with Crippen LogP contribution in [0.15, 0.2) is 49.1 Å². The molecule has 3 heterocycles. The Morgan fingerprint density at radius 2 is 2.20 bits per heavy atom. The average molecular weight is 335 g/mol. The molecule has 4 rings (SSSR count). The fourth-order valence-electron chi connectivity index (χ4n) is 3.47. The number of hydrogen-bond donors (Lipinski definition) is 1. The number of likely N-dealkylation sites (tertiary alicyclic amines) is 1. The Bertz CT molecular complexity index is 868. The van der Waals surface area contributed by atoms with Gasteiger partial charge in [-0.05, 0) is 31.4 Å². The Hall–Kier alpha value is -2.89. The molecule has 25 heavy (non-hydrogen) atoms. The van der Waals surface area contributed by atoms with E-state index in [1.807, 2.05) is 54.7 Å². The van der Waals surface area contributed by atoms with Gasteiger partial charge in [0.1, 0.15) is 5.69 Å². The number of nitrogens with zero attached hydrogens (tertiary/aromatic N) is 4. The smallest absolute Gasteiger partial charge is 0.271 e. The molecule has 1 aromatic carbocycles. The summed E-state index contributed by atoms with van der Waals surface area (Å²) >= 11 is 0. The first kappa shape index (κ1) is 15.6. The summed E-state index contributed by atoms with van der Waals surface area (Å²) in [6, 6.07) is 10.2. The van der Waals surface area contributed by atoms with E-state index < -0.39 is 0 Å². The number of imidazole rings is 1. The van der Waals surface area contributed by atoms with Crippen LogP contribution in [0.3, 0.4) is 0 Å². The van der Waals surface area contributed by atoms with Crippen molar-refractivity contribution in [3.8, 4) is 11.3 Å². The summed E-state index contributed by atoms with van der Waals surface area (Å²) in [5.41, 5.74) is 3.55. The molecule has 1 aliphatic heterocycles. The molecule has 0 saturated carbocycles. The minimum atomic E-state index is 0.0112. The van der Waals surface area contributed by atoms with Crippen molar-refractivity contribution >= 4 is 5.91 Å². The van der Waals surface area contributed by atoms with E-state index in [-0.39, 0.29) is 5.91 Å². The molecule has 0 bridgehead atoms. The van der Waals surface area contributed by atoms with Gasteiger partial charge < -0.3 is 9.47 Å². The number of carbonyl (C=O) groups is 1. The normalized spacial score (nSPS) is 17.6. The van der Waals surface area contributed by atoms with Crippen molar-refractivity contribution in [2.75, 3.05) is 13.1 Å². The number of aryl methyl sites for hydroxylation is 1. The van der Waals surface area contributed by atoms with E-state index in [9.17, 15) is 4.79 Å². The zero-order valence-electron chi connectivity index (χ0n) is 14.2. The van der Waals surface area contributed by atoms with Crippen LogP contribution in [-0.4, -0.2) is 43.6 Å². The molecule has 6 nitrogen and oxygen atoms in total. The molecule has 0 unspecified atom stereocenters. The highest BCUT2D eigenvalue weighted by Crippen LogP contribution is 2.25. The number of rotatable bonds is 3. The first-order chi connectivity index (χ1) is 12.2. The lowest BCUT2D eigenvalue weighted by Crippen LogP contribution is -2.40. The SMILES string of the molecule is Cc1ccccc1-c1cc(C(=O)N2CCC[C@H](n3ccnc3)C2)[nH]n1. The highest BCUT2D eigenvalue weighted by atomic mass is 16.2. The summed E-state index contributed by atoms with van der Waals surface area (Å²) < 4.78 is 2.09. The number of nitrogens with one attached hydrogen (secondary N) is 1. The highest BCUT2D eigenvalue weighted by molar-refractivity contribution is 5.93. The Balaban J connectivity index is 1.52. The van der Waals surface area contributed by atoms with Crippen LogP contribution in [0.5, 0.6) is 0 Å². The van der Waals surface area contributed by atoms with Gasteiger partial charge in [0.15, 0.2) is 0 Å². The van der Waals surface area contributed by atoms with Gasteiger partial charge in [-0.2, -0.15) is 5.10 Å². The quantitative estimate of drug-likeness (QED) is 0.800. The first-order valence-electron chi connectivity index (χ1n) is 8.60. The zero-order valence-corrected chi connectivity index (χ0v) is 14.2. The van der Waals surface area contributed by atoms with Crippen LogP contribution in [0.4, 0.5) is 0 Å². The van der Waals surface area contributed by atoms with Crippen LogP contribution >= 0.6 is 0 Å². The van der Waals surface area contributed by atoms with E-state index in [1.54, 1.807) is 6.20 Å². The molecule has 2 aromatic heterocycles. The minimum Gasteiger partial charge on any atom is -0.335 e. The number of carbonyl (C=O) groups excluding carboxylic acids is 1. The van der Waals surface area contributed by atoms with Crippen LogP contribution in [-0.2, 0) is 0 Å². The third-order valence-electron chi connectivity index (χ3n) is 4.86. The number of amides is 1. The Labute approximate surface area is 146 Å². The second-order valence-electron chi connectivity index (χ2n) is 6.54.